The van der Waals surface area contributed by atoms with Gasteiger partial charge in [-0.05, 0) is 144 Å². The van der Waals surface area contributed by atoms with Gasteiger partial charge in [0.2, 0.25) is 5.91 Å². The van der Waals surface area contributed by atoms with E-state index in [1.54, 1.807) is 7.11 Å². The Labute approximate surface area is 297 Å². The minimum atomic E-state index is -1.87. The summed E-state index contributed by atoms with van der Waals surface area (Å²) in [5.41, 5.74) is 2.78. The van der Waals surface area contributed by atoms with Crippen LogP contribution >= 0.6 is 0 Å². The lowest BCUT2D eigenvalue weighted by molar-refractivity contribution is -0.124. The summed E-state index contributed by atoms with van der Waals surface area (Å²) in [6.07, 6.45) is 7.96. The van der Waals surface area contributed by atoms with Crippen LogP contribution in [0, 0.1) is 23.2 Å². The fraction of sp³-hybridized carbons (Fsp3) is 0.650. The third-order valence-electron chi connectivity index (χ3n) is 12.4. The predicted molar refractivity (Wildman–Crippen MR) is 201 cm³/mol. The van der Waals surface area contributed by atoms with E-state index >= 15 is 0 Å². The van der Waals surface area contributed by atoms with Gasteiger partial charge in [0.25, 0.3) is 0 Å². The molecule has 1 amide bonds. The van der Waals surface area contributed by atoms with Crippen LogP contribution in [0.5, 0.6) is 5.75 Å². The molecule has 0 N–H and O–H groups in total. The largest absolute Gasteiger partial charge is 0.495 e. The summed E-state index contributed by atoms with van der Waals surface area (Å²) in [5, 5.41) is 9.80. The Morgan fingerprint density at radius 1 is 0.959 bits per heavy atom. The maximum absolute atomic E-state index is 14.6. The van der Waals surface area contributed by atoms with Gasteiger partial charge in [0, 0.05) is 24.3 Å². The molecule has 0 aromatic heterocycles. The number of hydrogen-bond donors (Lipinski definition) is 0. The molecule has 2 aromatic carbocycles. The second-order valence-corrected chi connectivity index (χ2v) is 22.0. The summed E-state index contributed by atoms with van der Waals surface area (Å²) in [4.78, 5) is 16.7. The molecule has 9 heteroatoms. The van der Waals surface area contributed by atoms with Crippen LogP contribution < -0.4 is 15.1 Å². The number of anilines is 1. The second-order valence-electron chi connectivity index (χ2n) is 17.3. The molecule has 3 fully saturated rings. The Morgan fingerprint density at radius 3 is 2.16 bits per heavy atom. The molecule has 1 saturated heterocycles. The molecule has 49 heavy (non-hydrogen) atoms. The topological polar surface area (TPSA) is 81.0 Å². The number of nitriles is 1. The first-order valence-electron chi connectivity index (χ1n) is 18.5. The van der Waals surface area contributed by atoms with E-state index in [1.807, 2.05) is 24.3 Å². The molecule has 7 nitrogen and oxygen atoms in total. The van der Waals surface area contributed by atoms with E-state index in [2.05, 4.69) is 90.7 Å². The average molecular weight is 687 g/mol. The Kier molecular flexibility index (Phi) is 11.2. The number of carbonyl (C=O) groups is 1. The molecular weight excluding hydrogens is 627 g/mol. The number of rotatable bonds is 9. The summed E-state index contributed by atoms with van der Waals surface area (Å²) in [6, 6.07) is 16.6. The van der Waals surface area contributed by atoms with Crippen molar-refractivity contribution in [3.8, 4) is 11.8 Å². The van der Waals surface area contributed by atoms with E-state index in [0.717, 1.165) is 62.5 Å². The van der Waals surface area contributed by atoms with Crippen molar-refractivity contribution in [3.05, 3.63) is 53.6 Å². The number of hydrogen-bond acceptors (Lipinski definition) is 6. The van der Waals surface area contributed by atoms with E-state index in [-0.39, 0.29) is 23.0 Å². The van der Waals surface area contributed by atoms with Gasteiger partial charge in [-0.1, -0.05) is 39.0 Å². The van der Waals surface area contributed by atoms with Crippen molar-refractivity contribution in [1.82, 2.24) is 0 Å². The number of amides is 1. The third kappa shape index (κ3) is 8.30. The number of carbonyl (C=O) groups excluding carboxylic acids is 1. The molecule has 2 aliphatic carbocycles. The molecule has 1 heterocycles. The van der Waals surface area contributed by atoms with Crippen LogP contribution in [-0.2, 0) is 18.5 Å². The molecule has 266 valence electrons. The monoisotopic (exact) mass is 686 g/mol. The SMILES string of the molecule is COc1ccc([C@H]2CC[C@H](CN(c3cccc(B4OC(C)(C)C(C)(C)O4)c3)C(=O)[C@H]3CC[C@H](O[Si](C)(C)C(C)(C)C)CC3)CC2)cc1C#N. The minimum Gasteiger partial charge on any atom is -0.495 e. The van der Waals surface area contributed by atoms with Crippen molar-refractivity contribution in [2.24, 2.45) is 11.8 Å². The minimum absolute atomic E-state index is 0.0141. The van der Waals surface area contributed by atoms with E-state index in [9.17, 15) is 10.1 Å². The van der Waals surface area contributed by atoms with Crippen molar-refractivity contribution in [2.75, 3.05) is 18.6 Å². The number of methoxy groups -OCH3 is 1. The van der Waals surface area contributed by atoms with Crippen LogP contribution in [-0.4, -0.2) is 52.3 Å². The van der Waals surface area contributed by atoms with Gasteiger partial charge >= 0.3 is 7.12 Å². The smallest absolute Gasteiger partial charge is 0.494 e. The van der Waals surface area contributed by atoms with Crippen molar-refractivity contribution < 1.29 is 23.3 Å². The number of ether oxygens (including phenoxy) is 1. The zero-order valence-electron chi connectivity index (χ0n) is 31.7. The lowest BCUT2D eigenvalue weighted by Crippen LogP contribution is -2.46. The first-order chi connectivity index (χ1) is 22.9. The van der Waals surface area contributed by atoms with Crippen molar-refractivity contribution in [1.29, 1.82) is 5.26 Å². The van der Waals surface area contributed by atoms with Gasteiger partial charge in [0.05, 0.1) is 23.9 Å². The molecule has 0 radical (unpaired) electrons. The number of benzene rings is 2. The molecule has 1 aliphatic heterocycles. The summed E-state index contributed by atoms with van der Waals surface area (Å²) < 4.78 is 25.0. The second kappa shape index (κ2) is 14.5. The van der Waals surface area contributed by atoms with Crippen molar-refractivity contribution in [3.63, 3.8) is 0 Å². The predicted octanol–water partition coefficient (Wildman–Crippen LogP) is 8.75. The van der Waals surface area contributed by atoms with Gasteiger partial charge in [-0.3, -0.25) is 4.79 Å². The van der Waals surface area contributed by atoms with Gasteiger partial charge in [0.15, 0.2) is 8.32 Å². The van der Waals surface area contributed by atoms with Crippen LogP contribution in [0.15, 0.2) is 42.5 Å². The highest BCUT2D eigenvalue weighted by Crippen LogP contribution is 2.42. The van der Waals surface area contributed by atoms with Crippen molar-refractivity contribution >= 4 is 32.5 Å². The molecular formula is C40H59BN2O5Si. The Morgan fingerprint density at radius 2 is 1.59 bits per heavy atom. The molecule has 5 rings (SSSR count). The van der Waals surface area contributed by atoms with Gasteiger partial charge < -0.3 is 23.4 Å². The molecule has 0 atom stereocenters. The van der Waals surface area contributed by atoms with Crippen LogP contribution in [0.4, 0.5) is 5.69 Å². The summed E-state index contributed by atoms with van der Waals surface area (Å²) in [7, 11) is -0.745. The van der Waals surface area contributed by atoms with E-state index in [1.165, 1.54) is 5.56 Å². The molecule has 2 aromatic rings. The highest BCUT2D eigenvalue weighted by Gasteiger charge is 2.52. The molecule has 0 bridgehead atoms. The Hall–Kier alpha value is -2.64. The number of nitrogens with zero attached hydrogens (tertiary/aromatic N) is 2. The zero-order chi connectivity index (χ0) is 35.8. The fourth-order valence-electron chi connectivity index (χ4n) is 7.39. The van der Waals surface area contributed by atoms with Crippen molar-refractivity contribution in [2.45, 2.75) is 141 Å². The maximum atomic E-state index is 14.6. The van der Waals surface area contributed by atoms with Crippen LogP contribution in [0.1, 0.15) is 117 Å². The van der Waals surface area contributed by atoms with Crippen LogP contribution in [0.2, 0.25) is 18.1 Å². The van der Waals surface area contributed by atoms with Crippen LogP contribution in [0.25, 0.3) is 0 Å². The van der Waals surface area contributed by atoms with E-state index < -0.39 is 26.6 Å². The van der Waals surface area contributed by atoms with E-state index in [0.29, 0.717) is 29.7 Å². The zero-order valence-corrected chi connectivity index (χ0v) is 32.7. The standard InChI is InChI=1S/C40H59BN2O5Si/c1-38(2,3)49(9,10)46-35-21-18-30(19-22-35)37(44)43(34-13-11-12-33(25-34)41-47-39(4,5)40(6,7)48-41)27-28-14-16-29(17-15-28)31-20-23-36(45-8)32(24-31)26-42/h11-13,20,23-25,28-30,35H,14-19,21-22,27H2,1-10H3/t28-,29-,30-,35-. The lowest BCUT2D eigenvalue weighted by atomic mass is 9.77. The summed E-state index contributed by atoms with van der Waals surface area (Å²) >= 11 is 0. The highest BCUT2D eigenvalue weighted by molar-refractivity contribution is 6.74. The molecule has 3 aliphatic rings. The first kappa shape index (κ1) is 37.6. The molecule has 2 saturated carbocycles. The lowest BCUT2D eigenvalue weighted by Gasteiger charge is -2.41. The highest BCUT2D eigenvalue weighted by atomic mass is 28.4. The molecule has 0 unspecified atom stereocenters. The van der Waals surface area contributed by atoms with Gasteiger partial charge in [-0.15, -0.1) is 0 Å². The van der Waals surface area contributed by atoms with E-state index in [4.69, 9.17) is 18.5 Å². The Bertz CT molecular complexity index is 1500. The quantitative estimate of drug-likeness (QED) is 0.246. The van der Waals surface area contributed by atoms with Gasteiger partial charge in [-0.2, -0.15) is 5.26 Å². The summed E-state index contributed by atoms with van der Waals surface area (Å²) in [5.74, 6) is 1.64. The maximum Gasteiger partial charge on any atom is 0.494 e. The third-order valence-corrected chi connectivity index (χ3v) is 16.9. The average Bonchev–Trinajstić information content (AvgIpc) is 3.29. The first-order valence-corrected chi connectivity index (χ1v) is 21.4. The van der Waals surface area contributed by atoms with Gasteiger partial charge in [-0.25, -0.2) is 0 Å². The van der Waals surface area contributed by atoms with Crippen LogP contribution in [0.3, 0.4) is 0 Å². The molecule has 0 spiro atoms. The normalized spacial score (nSPS) is 25.4. The summed E-state index contributed by atoms with van der Waals surface area (Å²) in [6.45, 7) is 20.5. The fourth-order valence-corrected chi connectivity index (χ4v) is 8.81. The Balaban J connectivity index is 1.32. The van der Waals surface area contributed by atoms with Gasteiger partial charge in [0.1, 0.15) is 11.8 Å².